The third-order valence-electron chi connectivity index (χ3n) is 8.74. The van der Waals surface area contributed by atoms with E-state index in [1.165, 1.54) is 11.0 Å². The van der Waals surface area contributed by atoms with Crippen molar-refractivity contribution in [2.45, 2.75) is 45.3 Å². The fourth-order valence-corrected chi connectivity index (χ4v) is 6.57. The molecule has 0 aliphatic heterocycles. The van der Waals surface area contributed by atoms with Crippen molar-refractivity contribution >= 4 is 34.8 Å². The number of aliphatic hydroxyl groups excluding tert-OH is 2. The van der Waals surface area contributed by atoms with Crippen LogP contribution in [0.4, 0.5) is 5.69 Å². The Morgan fingerprint density at radius 1 is 1.02 bits per heavy atom. The maximum atomic E-state index is 14.0. The number of aliphatic hydroxyl groups is 3. The summed E-state index contributed by atoms with van der Waals surface area (Å²) in [5.41, 5.74) is 3.60. The molecule has 0 heterocycles. The van der Waals surface area contributed by atoms with E-state index in [1.54, 1.807) is 44.4 Å². The van der Waals surface area contributed by atoms with Gasteiger partial charge in [-0.2, -0.15) is 0 Å². The minimum absolute atomic E-state index is 0.00136. The second kappa shape index (κ2) is 10.1. The van der Waals surface area contributed by atoms with Gasteiger partial charge in [-0.25, -0.2) is 0 Å². The van der Waals surface area contributed by atoms with Gasteiger partial charge in [-0.15, -0.1) is 0 Å². The maximum Gasteiger partial charge on any atom is 0.255 e. The van der Waals surface area contributed by atoms with Crippen LogP contribution in [0.5, 0.6) is 5.75 Å². The number of fused-ring (bicyclic) bond motifs is 3. The van der Waals surface area contributed by atoms with Crippen LogP contribution in [-0.2, 0) is 25.6 Å². The maximum absolute atomic E-state index is 14.0. The van der Waals surface area contributed by atoms with Crippen LogP contribution in [0.15, 0.2) is 53.3 Å². The monoisotopic (exact) mass is 589 g/mol. The lowest BCUT2D eigenvalue weighted by atomic mass is 9.57. The van der Waals surface area contributed by atoms with Crippen molar-refractivity contribution < 1.29 is 39.6 Å². The Labute approximate surface area is 248 Å². The first-order valence-corrected chi connectivity index (χ1v) is 13.9. The van der Waals surface area contributed by atoms with Crippen molar-refractivity contribution in [1.29, 1.82) is 0 Å². The molecule has 43 heavy (non-hydrogen) atoms. The minimum atomic E-state index is -2.69. The van der Waals surface area contributed by atoms with Gasteiger partial charge >= 0.3 is 0 Å². The number of amides is 2. The number of benzene rings is 2. The van der Waals surface area contributed by atoms with Crippen molar-refractivity contribution in [2.24, 2.45) is 23.0 Å². The summed E-state index contributed by atoms with van der Waals surface area (Å²) in [6.45, 7) is 5.42. The highest BCUT2D eigenvalue weighted by Gasteiger charge is 2.64. The molecular formula is C32H35N3O8. The molecule has 1 fully saturated rings. The van der Waals surface area contributed by atoms with Gasteiger partial charge in [0.05, 0.1) is 11.6 Å². The number of carbonyl (C=O) groups excluding carboxylic acids is 4. The molecule has 1 saturated carbocycles. The molecule has 0 spiro atoms. The van der Waals surface area contributed by atoms with E-state index in [0.29, 0.717) is 16.8 Å². The quantitative estimate of drug-likeness (QED) is 0.291. The second-order valence-corrected chi connectivity index (χ2v) is 12.7. The molecule has 0 unspecified atom stereocenters. The predicted octanol–water partition coefficient (Wildman–Crippen LogP) is 2.62. The van der Waals surface area contributed by atoms with Crippen LogP contribution in [0, 0.1) is 17.3 Å². The molecule has 11 heteroatoms. The number of ketones is 2. The Balaban J connectivity index is 1.62. The summed E-state index contributed by atoms with van der Waals surface area (Å²) < 4.78 is 0. The molecule has 11 nitrogen and oxygen atoms in total. The average Bonchev–Trinajstić information content (AvgIpc) is 2.90. The van der Waals surface area contributed by atoms with Gasteiger partial charge in [0.2, 0.25) is 11.7 Å². The average molecular weight is 590 g/mol. The molecule has 5 rings (SSSR count). The van der Waals surface area contributed by atoms with Crippen molar-refractivity contribution in [1.82, 2.24) is 4.90 Å². The normalized spacial score (nSPS) is 25.3. The van der Waals surface area contributed by atoms with E-state index in [2.05, 4.69) is 5.32 Å². The molecule has 4 atom stereocenters. The van der Waals surface area contributed by atoms with E-state index in [1.807, 2.05) is 20.8 Å². The number of likely N-dealkylation sites (N-methyl/N-ethyl adjacent to an activating group) is 1. The van der Waals surface area contributed by atoms with E-state index >= 15 is 0 Å². The molecule has 0 aromatic heterocycles. The molecule has 0 bridgehead atoms. The van der Waals surface area contributed by atoms with Crippen molar-refractivity contribution in [3.63, 3.8) is 0 Å². The molecule has 0 radical (unpaired) electrons. The summed E-state index contributed by atoms with van der Waals surface area (Å²) in [4.78, 5) is 53.3. The van der Waals surface area contributed by atoms with Gasteiger partial charge < -0.3 is 31.5 Å². The Morgan fingerprint density at radius 2 is 1.65 bits per heavy atom. The Hall–Kier alpha value is -4.48. The van der Waals surface area contributed by atoms with Gasteiger partial charge in [-0.3, -0.25) is 24.1 Å². The number of phenols is 1. The number of nitrogens with one attached hydrogen (secondary N) is 1. The number of phenolic OH excluding ortho intramolecular Hbond substituents is 1. The van der Waals surface area contributed by atoms with E-state index in [0.717, 1.165) is 5.56 Å². The lowest BCUT2D eigenvalue weighted by Gasteiger charge is -2.50. The zero-order chi connectivity index (χ0) is 31.8. The van der Waals surface area contributed by atoms with E-state index in [9.17, 15) is 39.6 Å². The smallest absolute Gasteiger partial charge is 0.255 e. The van der Waals surface area contributed by atoms with Crippen molar-refractivity contribution in [3.8, 4) is 16.9 Å². The van der Waals surface area contributed by atoms with Gasteiger partial charge in [0, 0.05) is 22.6 Å². The van der Waals surface area contributed by atoms with E-state index in [4.69, 9.17) is 5.73 Å². The molecule has 3 aliphatic rings. The lowest BCUT2D eigenvalue weighted by molar-refractivity contribution is -0.153. The first-order valence-electron chi connectivity index (χ1n) is 13.9. The SMILES string of the molecule is CN(C)[C@H]1C(=O)C(C(N)=O)=C(O)[C@@]2(O)C(=O)C3=C(O)c4c(O)ccc(-c5ccc(NC(=O)C(C)(C)C)cc5)c4C[C@H]3C[C@@H]12. The van der Waals surface area contributed by atoms with Gasteiger partial charge in [0.25, 0.3) is 5.91 Å². The van der Waals surface area contributed by atoms with Crippen LogP contribution in [0.25, 0.3) is 16.9 Å². The fourth-order valence-electron chi connectivity index (χ4n) is 6.57. The van der Waals surface area contributed by atoms with Crippen LogP contribution < -0.4 is 11.1 Å². The summed E-state index contributed by atoms with van der Waals surface area (Å²) in [7, 11) is 3.11. The zero-order valence-corrected chi connectivity index (χ0v) is 24.6. The van der Waals surface area contributed by atoms with Crippen LogP contribution in [0.3, 0.4) is 0 Å². The topological polar surface area (TPSA) is 190 Å². The number of hydrogen-bond acceptors (Lipinski definition) is 9. The van der Waals surface area contributed by atoms with Crippen molar-refractivity contribution in [2.75, 3.05) is 19.4 Å². The number of nitrogens with two attached hydrogens (primary N) is 1. The highest BCUT2D eigenvalue weighted by atomic mass is 16.3. The molecule has 3 aliphatic carbocycles. The molecule has 7 N–H and O–H groups in total. The number of hydrogen-bond donors (Lipinski definition) is 6. The molecular weight excluding hydrogens is 554 g/mol. The summed E-state index contributed by atoms with van der Waals surface area (Å²) in [5.74, 6) is -7.10. The first kappa shape index (κ1) is 30.0. The molecule has 226 valence electrons. The van der Waals surface area contributed by atoms with Gasteiger partial charge in [0.15, 0.2) is 11.4 Å². The number of carbonyl (C=O) groups is 4. The van der Waals surface area contributed by atoms with Gasteiger partial charge in [-0.1, -0.05) is 39.0 Å². The van der Waals surface area contributed by atoms with Crippen LogP contribution in [-0.4, -0.2) is 74.4 Å². The first-order chi connectivity index (χ1) is 20.0. The van der Waals surface area contributed by atoms with Crippen LogP contribution in [0.2, 0.25) is 0 Å². The molecule has 2 aromatic rings. The van der Waals surface area contributed by atoms with Crippen LogP contribution in [0.1, 0.15) is 38.3 Å². The third kappa shape index (κ3) is 4.50. The Morgan fingerprint density at radius 3 is 2.21 bits per heavy atom. The highest BCUT2D eigenvalue weighted by molar-refractivity contribution is 6.24. The van der Waals surface area contributed by atoms with Crippen LogP contribution >= 0.6 is 0 Å². The Kier molecular flexibility index (Phi) is 7.02. The second-order valence-electron chi connectivity index (χ2n) is 12.7. The molecule has 0 saturated heterocycles. The van der Waals surface area contributed by atoms with E-state index < -0.39 is 63.5 Å². The van der Waals surface area contributed by atoms with E-state index in [-0.39, 0.29) is 35.6 Å². The zero-order valence-electron chi connectivity index (χ0n) is 24.6. The fraction of sp³-hybridized carbons (Fsp3) is 0.375. The Bertz CT molecular complexity index is 1650. The predicted molar refractivity (Wildman–Crippen MR) is 158 cm³/mol. The van der Waals surface area contributed by atoms with Crippen molar-refractivity contribution in [3.05, 3.63) is 64.4 Å². The number of nitrogens with zero attached hydrogens (tertiary/aromatic N) is 1. The van der Waals surface area contributed by atoms with Gasteiger partial charge in [-0.05, 0) is 67.7 Å². The van der Waals surface area contributed by atoms with Gasteiger partial charge in [0.1, 0.15) is 22.8 Å². The summed E-state index contributed by atoms with van der Waals surface area (Å²) in [6, 6.07) is 8.99. The standard InChI is InChI=1S/C32H35N3O8/c1-31(2,3)30(42)34-16-8-6-14(7-9-16)17-10-11-20(36)22-18(17)12-15-13-19-24(35(4)5)26(38)23(29(33)41)28(40)32(19,43)27(39)21(15)25(22)37/h6-11,15,19,24,36-37,40,43H,12-13H2,1-5H3,(H2,33,41)(H,34,42)/t15-,19-,24+,32-/m0/s1. The summed E-state index contributed by atoms with van der Waals surface area (Å²) in [6.07, 6.45) is 0.166. The summed E-state index contributed by atoms with van der Waals surface area (Å²) >= 11 is 0. The number of anilines is 1. The summed E-state index contributed by atoms with van der Waals surface area (Å²) in [5, 5.41) is 47.9. The number of primary amides is 1. The minimum Gasteiger partial charge on any atom is -0.508 e. The third-order valence-corrected chi connectivity index (χ3v) is 8.74. The number of aromatic hydroxyl groups is 1. The molecule has 2 aromatic carbocycles. The number of Topliss-reactive ketones (excluding diaryl/α,β-unsaturated/α-hetero) is 2. The highest BCUT2D eigenvalue weighted by Crippen LogP contribution is 2.53. The molecule has 2 amide bonds. The lowest BCUT2D eigenvalue weighted by Crippen LogP contribution is -2.65. The number of rotatable bonds is 4. The largest absolute Gasteiger partial charge is 0.508 e.